The Hall–Kier alpha value is -1.18. The van der Waals surface area contributed by atoms with Gasteiger partial charge in [0.25, 0.3) is 0 Å². The van der Waals surface area contributed by atoms with E-state index in [4.69, 9.17) is 0 Å². The second-order valence-electron chi connectivity index (χ2n) is 4.75. The molecule has 1 saturated carbocycles. The zero-order valence-corrected chi connectivity index (χ0v) is 9.91. The summed E-state index contributed by atoms with van der Waals surface area (Å²) in [7, 11) is 0. The molecule has 16 heavy (non-hydrogen) atoms. The van der Waals surface area contributed by atoms with Crippen molar-refractivity contribution in [2.45, 2.75) is 33.1 Å². The van der Waals surface area contributed by atoms with Crippen molar-refractivity contribution in [3.8, 4) is 0 Å². The fourth-order valence-corrected chi connectivity index (χ4v) is 2.40. The number of benzene rings is 1. The first-order valence-corrected chi connectivity index (χ1v) is 6.01. The van der Waals surface area contributed by atoms with Gasteiger partial charge in [0.1, 0.15) is 5.82 Å². The molecule has 2 heteroatoms. The fraction of sp³-hybridized carbons (Fsp3) is 0.500. The Morgan fingerprint density at radius 1 is 1.06 bits per heavy atom. The molecule has 1 aliphatic rings. The van der Waals surface area contributed by atoms with Crippen LogP contribution >= 0.6 is 0 Å². The first-order chi connectivity index (χ1) is 7.66. The van der Waals surface area contributed by atoms with Gasteiger partial charge in [0.2, 0.25) is 0 Å². The number of aliphatic imine (C=N–C) groups is 1. The van der Waals surface area contributed by atoms with E-state index in [1.54, 1.807) is 12.1 Å². The molecule has 0 bridgehead atoms. The van der Waals surface area contributed by atoms with Gasteiger partial charge in [-0.05, 0) is 48.9 Å². The van der Waals surface area contributed by atoms with Gasteiger partial charge in [0, 0.05) is 5.71 Å². The molecule has 1 aliphatic carbocycles. The topological polar surface area (TPSA) is 12.4 Å². The molecule has 0 saturated heterocycles. The Bertz CT molecular complexity index is 368. The second kappa shape index (κ2) is 4.77. The third-order valence-corrected chi connectivity index (χ3v) is 3.37. The largest absolute Gasteiger partial charge is 0.257 e. The van der Waals surface area contributed by atoms with Gasteiger partial charge in [-0.3, -0.25) is 4.99 Å². The average molecular weight is 219 g/mol. The summed E-state index contributed by atoms with van der Waals surface area (Å²) in [5.74, 6) is 0.927. The summed E-state index contributed by atoms with van der Waals surface area (Å²) < 4.78 is 12.8. The van der Waals surface area contributed by atoms with E-state index < -0.39 is 0 Å². The summed E-state index contributed by atoms with van der Waals surface area (Å²) >= 11 is 0. The Kier molecular flexibility index (Phi) is 3.37. The molecular weight excluding hydrogens is 201 g/mol. The van der Waals surface area contributed by atoms with Crippen molar-refractivity contribution in [3.63, 3.8) is 0 Å². The summed E-state index contributed by atoms with van der Waals surface area (Å²) in [6, 6.07) is 6.43. The number of nitrogens with zero attached hydrogens (tertiary/aromatic N) is 1. The van der Waals surface area contributed by atoms with Gasteiger partial charge in [-0.2, -0.15) is 0 Å². The highest BCUT2D eigenvalue weighted by atomic mass is 19.1. The Labute approximate surface area is 96.4 Å². The van der Waals surface area contributed by atoms with Gasteiger partial charge in [-0.25, -0.2) is 4.39 Å². The van der Waals surface area contributed by atoms with E-state index in [1.807, 2.05) is 0 Å². The number of hydrogen-bond donors (Lipinski definition) is 0. The van der Waals surface area contributed by atoms with Crippen molar-refractivity contribution >= 4 is 11.4 Å². The van der Waals surface area contributed by atoms with E-state index in [0.29, 0.717) is 11.8 Å². The molecule has 0 aromatic heterocycles. The van der Waals surface area contributed by atoms with Crippen LogP contribution in [0, 0.1) is 17.7 Å². The zero-order valence-electron chi connectivity index (χ0n) is 9.91. The summed E-state index contributed by atoms with van der Waals surface area (Å²) in [5.41, 5.74) is 2.15. The standard InChI is InChI=1S/C14H18FN/c1-10-4-3-5-11(2)14(10)16-13-8-6-12(15)7-9-13/h6-11H,3-5H2,1-2H3. The van der Waals surface area contributed by atoms with Crippen LogP contribution < -0.4 is 0 Å². The molecule has 86 valence electrons. The summed E-state index contributed by atoms with van der Waals surface area (Å²) in [6.07, 6.45) is 3.75. The predicted octanol–water partition coefficient (Wildman–Crippen LogP) is 4.35. The van der Waals surface area contributed by atoms with Crippen molar-refractivity contribution < 1.29 is 4.39 Å². The summed E-state index contributed by atoms with van der Waals surface area (Å²) in [6.45, 7) is 4.47. The molecule has 0 aliphatic heterocycles. The molecule has 2 atom stereocenters. The second-order valence-corrected chi connectivity index (χ2v) is 4.75. The number of halogens is 1. The lowest BCUT2D eigenvalue weighted by Crippen LogP contribution is -2.24. The molecular formula is C14H18FN. The molecule has 1 aromatic carbocycles. The van der Waals surface area contributed by atoms with Crippen LogP contribution in [0.4, 0.5) is 10.1 Å². The number of hydrogen-bond acceptors (Lipinski definition) is 1. The normalized spacial score (nSPS) is 25.6. The van der Waals surface area contributed by atoms with E-state index >= 15 is 0 Å². The van der Waals surface area contributed by atoms with E-state index in [9.17, 15) is 4.39 Å². The lowest BCUT2D eigenvalue weighted by atomic mass is 9.81. The maximum atomic E-state index is 12.8. The molecule has 1 fully saturated rings. The van der Waals surface area contributed by atoms with Crippen LogP contribution in [0.5, 0.6) is 0 Å². The van der Waals surface area contributed by atoms with Crippen LogP contribution in [0.3, 0.4) is 0 Å². The summed E-state index contributed by atoms with van der Waals surface area (Å²) in [5, 5.41) is 0. The smallest absolute Gasteiger partial charge is 0.123 e. The van der Waals surface area contributed by atoms with Crippen LogP contribution in [-0.2, 0) is 0 Å². The Morgan fingerprint density at radius 2 is 1.62 bits per heavy atom. The van der Waals surface area contributed by atoms with Crippen LogP contribution in [0.25, 0.3) is 0 Å². The van der Waals surface area contributed by atoms with Gasteiger partial charge < -0.3 is 0 Å². The molecule has 0 spiro atoms. The maximum Gasteiger partial charge on any atom is 0.123 e. The van der Waals surface area contributed by atoms with Crippen molar-refractivity contribution in [1.29, 1.82) is 0 Å². The van der Waals surface area contributed by atoms with Crippen molar-refractivity contribution in [2.24, 2.45) is 16.8 Å². The minimum absolute atomic E-state index is 0.200. The maximum absolute atomic E-state index is 12.8. The van der Waals surface area contributed by atoms with Crippen LogP contribution in [0.2, 0.25) is 0 Å². The van der Waals surface area contributed by atoms with Gasteiger partial charge in [-0.15, -0.1) is 0 Å². The van der Waals surface area contributed by atoms with Crippen LogP contribution in [0.15, 0.2) is 29.3 Å². The lowest BCUT2D eigenvalue weighted by Gasteiger charge is -2.26. The number of rotatable bonds is 1. The van der Waals surface area contributed by atoms with E-state index in [0.717, 1.165) is 5.69 Å². The minimum Gasteiger partial charge on any atom is -0.257 e. The molecule has 0 heterocycles. The van der Waals surface area contributed by atoms with Crippen molar-refractivity contribution in [3.05, 3.63) is 30.1 Å². The molecule has 0 N–H and O–H groups in total. The fourth-order valence-electron chi connectivity index (χ4n) is 2.40. The predicted molar refractivity (Wildman–Crippen MR) is 65.7 cm³/mol. The lowest BCUT2D eigenvalue weighted by molar-refractivity contribution is 0.488. The first-order valence-electron chi connectivity index (χ1n) is 6.01. The highest BCUT2D eigenvalue weighted by molar-refractivity contribution is 5.91. The third-order valence-electron chi connectivity index (χ3n) is 3.37. The van der Waals surface area contributed by atoms with Crippen LogP contribution in [-0.4, -0.2) is 5.71 Å². The molecule has 0 amide bonds. The highest BCUT2D eigenvalue weighted by Gasteiger charge is 2.22. The van der Waals surface area contributed by atoms with Gasteiger partial charge in [0.15, 0.2) is 0 Å². The molecule has 2 rings (SSSR count). The van der Waals surface area contributed by atoms with Crippen LogP contribution in [0.1, 0.15) is 33.1 Å². The molecule has 1 aromatic rings. The van der Waals surface area contributed by atoms with Crippen molar-refractivity contribution in [2.75, 3.05) is 0 Å². The monoisotopic (exact) mass is 219 g/mol. The highest BCUT2D eigenvalue weighted by Crippen LogP contribution is 2.28. The Morgan fingerprint density at radius 3 is 2.19 bits per heavy atom. The molecule has 2 unspecified atom stereocenters. The molecule has 1 nitrogen and oxygen atoms in total. The average Bonchev–Trinajstić information content (AvgIpc) is 2.26. The van der Waals surface area contributed by atoms with Gasteiger partial charge in [-0.1, -0.05) is 20.3 Å². The minimum atomic E-state index is -0.200. The Balaban J connectivity index is 2.24. The van der Waals surface area contributed by atoms with E-state index in [2.05, 4.69) is 18.8 Å². The zero-order chi connectivity index (χ0) is 11.5. The molecule has 0 radical (unpaired) electrons. The van der Waals surface area contributed by atoms with Gasteiger partial charge in [0.05, 0.1) is 5.69 Å². The van der Waals surface area contributed by atoms with Crippen molar-refractivity contribution in [1.82, 2.24) is 0 Å². The van der Waals surface area contributed by atoms with E-state index in [-0.39, 0.29) is 5.82 Å². The quantitative estimate of drug-likeness (QED) is 0.665. The SMILES string of the molecule is CC1CCCC(C)C1=Nc1ccc(F)cc1. The third kappa shape index (κ3) is 2.49. The van der Waals surface area contributed by atoms with Gasteiger partial charge >= 0.3 is 0 Å². The first kappa shape index (κ1) is 11.3. The van der Waals surface area contributed by atoms with E-state index in [1.165, 1.54) is 37.1 Å². The summed E-state index contributed by atoms with van der Waals surface area (Å²) in [4.78, 5) is 4.67.